The molecule has 2 saturated carbocycles. The van der Waals surface area contributed by atoms with E-state index in [2.05, 4.69) is 0 Å². The lowest BCUT2D eigenvalue weighted by Crippen LogP contribution is -2.58. The van der Waals surface area contributed by atoms with E-state index < -0.39 is 40.4 Å². The summed E-state index contributed by atoms with van der Waals surface area (Å²) >= 11 is 0. The molecule has 2 aliphatic carbocycles. The number of carboxylic acids is 2. The van der Waals surface area contributed by atoms with Crippen molar-refractivity contribution in [3.63, 3.8) is 0 Å². The lowest BCUT2D eigenvalue weighted by Gasteiger charge is -2.48. The second kappa shape index (κ2) is 8.89. The first kappa shape index (κ1) is 22.3. The monoisotopic (exact) mass is 434 g/mol. The number of rotatable bonds is 6. The van der Waals surface area contributed by atoms with Gasteiger partial charge < -0.3 is 10.2 Å². The van der Waals surface area contributed by atoms with Gasteiger partial charge in [0.1, 0.15) is 10.8 Å². The van der Waals surface area contributed by atoms with Gasteiger partial charge in [-0.2, -0.15) is 0 Å². The number of aliphatic carboxylic acids is 2. The molecule has 2 aliphatic rings. The van der Waals surface area contributed by atoms with Crippen molar-refractivity contribution in [1.29, 1.82) is 0 Å². The van der Waals surface area contributed by atoms with Gasteiger partial charge in [0.2, 0.25) is 0 Å². The standard InChI is InChI=1S/C27H30O5/c28-23(26(24(29)30)17-9-7-15-21(26)19-11-3-1-4-12-19)27(25(31)32)18-10-8-16-22(27)20-13-5-2-6-14-20/h1-6,11-14,21-22H,7-10,15-18H2,(H,29,30)(H,31,32). The zero-order valence-electron chi connectivity index (χ0n) is 18.2. The zero-order valence-corrected chi connectivity index (χ0v) is 18.2. The van der Waals surface area contributed by atoms with E-state index in [1.54, 1.807) is 0 Å². The van der Waals surface area contributed by atoms with Crippen molar-refractivity contribution in [1.82, 2.24) is 0 Å². The summed E-state index contributed by atoms with van der Waals surface area (Å²) in [6.45, 7) is 0. The van der Waals surface area contributed by atoms with Crippen LogP contribution in [0.4, 0.5) is 0 Å². The van der Waals surface area contributed by atoms with Crippen molar-refractivity contribution in [2.24, 2.45) is 10.8 Å². The topological polar surface area (TPSA) is 91.7 Å². The second-order valence-corrected chi connectivity index (χ2v) is 9.30. The van der Waals surface area contributed by atoms with Crippen molar-refractivity contribution in [2.75, 3.05) is 0 Å². The molecule has 4 atom stereocenters. The van der Waals surface area contributed by atoms with Gasteiger partial charge in [0, 0.05) is 11.8 Å². The first-order valence-electron chi connectivity index (χ1n) is 11.6. The summed E-state index contributed by atoms with van der Waals surface area (Å²) in [5, 5.41) is 21.1. The van der Waals surface area contributed by atoms with E-state index >= 15 is 0 Å². The van der Waals surface area contributed by atoms with Gasteiger partial charge in [-0.05, 0) is 36.8 Å². The molecule has 4 rings (SSSR count). The molecule has 4 unspecified atom stereocenters. The number of carbonyl (C=O) groups is 3. The number of benzene rings is 2. The molecule has 0 radical (unpaired) electrons. The molecule has 0 bridgehead atoms. The smallest absolute Gasteiger partial charge is 0.317 e. The molecular formula is C27H30O5. The van der Waals surface area contributed by atoms with E-state index in [1.165, 1.54) is 0 Å². The third-order valence-corrected chi connectivity index (χ3v) is 7.80. The van der Waals surface area contributed by atoms with Crippen molar-refractivity contribution in [2.45, 2.75) is 63.2 Å². The highest BCUT2D eigenvalue weighted by Gasteiger charge is 2.65. The minimum absolute atomic E-state index is 0.178. The average Bonchev–Trinajstić information content (AvgIpc) is 2.84. The highest BCUT2D eigenvalue weighted by Crippen LogP contribution is 2.57. The number of Topliss-reactive ketones (excluding diaryl/α,β-unsaturated/α-hetero) is 1. The van der Waals surface area contributed by atoms with Crippen LogP contribution in [-0.2, 0) is 14.4 Å². The zero-order chi connectivity index (χ0) is 22.8. The molecule has 0 heterocycles. The van der Waals surface area contributed by atoms with Crippen molar-refractivity contribution in [3.05, 3.63) is 71.8 Å². The fourth-order valence-corrected chi connectivity index (χ4v) is 6.27. The maximum atomic E-state index is 14.5. The Bertz CT molecular complexity index is 906. The summed E-state index contributed by atoms with van der Waals surface area (Å²) in [6, 6.07) is 18.6. The summed E-state index contributed by atoms with van der Waals surface area (Å²) in [6.07, 6.45) is 4.34. The summed E-state index contributed by atoms with van der Waals surface area (Å²) in [5.41, 5.74) is -1.86. The molecular weight excluding hydrogens is 404 g/mol. The molecule has 2 N–H and O–H groups in total. The molecule has 5 heteroatoms. The van der Waals surface area contributed by atoms with Crippen LogP contribution in [0.3, 0.4) is 0 Å². The third-order valence-electron chi connectivity index (χ3n) is 7.80. The van der Waals surface area contributed by atoms with Crippen LogP contribution in [-0.4, -0.2) is 27.9 Å². The maximum Gasteiger partial charge on any atom is 0.317 e. The highest BCUT2D eigenvalue weighted by atomic mass is 16.4. The molecule has 5 nitrogen and oxygen atoms in total. The van der Waals surface area contributed by atoms with Gasteiger partial charge in [0.25, 0.3) is 0 Å². The number of hydrogen-bond acceptors (Lipinski definition) is 3. The molecule has 2 fully saturated rings. The average molecular weight is 435 g/mol. The summed E-state index contributed by atoms with van der Waals surface area (Å²) in [7, 11) is 0. The van der Waals surface area contributed by atoms with E-state index in [0.717, 1.165) is 24.0 Å². The molecule has 0 saturated heterocycles. The van der Waals surface area contributed by atoms with Crippen molar-refractivity contribution >= 4 is 17.7 Å². The van der Waals surface area contributed by atoms with E-state index in [0.29, 0.717) is 25.7 Å². The van der Waals surface area contributed by atoms with Crippen molar-refractivity contribution < 1.29 is 24.6 Å². The lowest BCUT2D eigenvalue weighted by molar-refractivity contribution is -0.172. The predicted molar refractivity (Wildman–Crippen MR) is 120 cm³/mol. The van der Waals surface area contributed by atoms with Gasteiger partial charge in [-0.15, -0.1) is 0 Å². The predicted octanol–water partition coefficient (Wildman–Crippen LogP) is 5.41. The fraction of sp³-hybridized carbons (Fsp3) is 0.444. The maximum absolute atomic E-state index is 14.5. The Balaban J connectivity index is 1.89. The summed E-state index contributed by atoms with van der Waals surface area (Å²) in [5.74, 6) is -4.04. The minimum Gasteiger partial charge on any atom is -0.480 e. The van der Waals surface area contributed by atoms with E-state index in [1.807, 2.05) is 60.7 Å². The summed E-state index contributed by atoms with van der Waals surface area (Å²) in [4.78, 5) is 40.4. The minimum atomic E-state index is -1.73. The Morgan fingerprint density at radius 2 is 1.00 bits per heavy atom. The number of hydrogen-bond donors (Lipinski definition) is 2. The Kier molecular flexibility index (Phi) is 6.18. The second-order valence-electron chi connectivity index (χ2n) is 9.30. The third kappa shape index (κ3) is 3.44. The SMILES string of the molecule is O=C(O)C1(C(=O)C2(C(=O)O)CCCCC2c2ccccc2)CCCCC1c1ccccc1. The van der Waals surface area contributed by atoms with Gasteiger partial charge in [-0.25, -0.2) is 0 Å². The highest BCUT2D eigenvalue weighted by molar-refractivity contribution is 6.15. The summed E-state index contributed by atoms with van der Waals surface area (Å²) < 4.78 is 0. The molecule has 0 aromatic heterocycles. The first-order chi connectivity index (χ1) is 15.4. The van der Waals surface area contributed by atoms with Gasteiger partial charge in [0.05, 0.1) is 0 Å². The molecule has 0 amide bonds. The normalized spacial score (nSPS) is 30.4. The number of carbonyl (C=O) groups excluding carboxylic acids is 1. The fourth-order valence-electron chi connectivity index (χ4n) is 6.27. The molecule has 0 spiro atoms. The van der Waals surface area contributed by atoms with Crippen LogP contribution in [0.5, 0.6) is 0 Å². The van der Waals surface area contributed by atoms with Gasteiger partial charge in [0.15, 0.2) is 5.78 Å². The molecule has 168 valence electrons. The Hall–Kier alpha value is -2.95. The number of ketones is 1. The lowest BCUT2D eigenvalue weighted by atomic mass is 9.51. The van der Waals surface area contributed by atoms with Gasteiger partial charge >= 0.3 is 11.9 Å². The molecule has 2 aromatic carbocycles. The van der Waals surface area contributed by atoms with Crippen LogP contribution in [0.2, 0.25) is 0 Å². The molecule has 32 heavy (non-hydrogen) atoms. The Labute approximate surface area is 188 Å². The van der Waals surface area contributed by atoms with Crippen LogP contribution in [0.1, 0.15) is 74.3 Å². The van der Waals surface area contributed by atoms with Crippen LogP contribution >= 0.6 is 0 Å². The number of carboxylic acid groups (broad SMARTS) is 2. The molecule has 0 aliphatic heterocycles. The largest absolute Gasteiger partial charge is 0.480 e. The van der Waals surface area contributed by atoms with Crippen LogP contribution in [0.25, 0.3) is 0 Å². The quantitative estimate of drug-likeness (QED) is 0.593. The molecule has 2 aromatic rings. The Morgan fingerprint density at radius 1 is 0.625 bits per heavy atom. The van der Waals surface area contributed by atoms with Crippen LogP contribution in [0.15, 0.2) is 60.7 Å². The van der Waals surface area contributed by atoms with Crippen LogP contribution < -0.4 is 0 Å². The van der Waals surface area contributed by atoms with E-state index in [-0.39, 0.29) is 12.8 Å². The first-order valence-corrected chi connectivity index (χ1v) is 11.6. The van der Waals surface area contributed by atoms with Crippen LogP contribution in [0, 0.1) is 10.8 Å². The Morgan fingerprint density at radius 3 is 1.34 bits per heavy atom. The van der Waals surface area contributed by atoms with Gasteiger partial charge in [-0.1, -0.05) is 86.3 Å². The van der Waals surface area contributed by atoms with E-state index in [4.69, 9.17) is 0 Å². The van der Waals surface area contributed by atoms with Crippen molar-refractivity contribution in [3.8, 4) is 0 Å². The van der Waals surface area contributed by atoms with Gasteiger partial charge in [-0.3, -0.25) is 14.4 Å². The van der Waals surface area contributed by atoms with E-state index in [9.17, 15) is 24.6 Å².